The van der Waals surface area contributed by atoms with Crippen molar-refractivity contribution in [2.45, 2.75) is 51.1 Å². The van der Waals surface area contributed by atoms with Gasteiger partial charge < -0.3 is 20.5 Å². The number of anilines is 2. The number of nitrogens with zero attached hydrogens (tertiary/aromatic N) is 7. The average Bonchev–Trinajstić information content (AvgIpc) is 3.55. The van der Waals surface area contributed by atoms with Gasteiger partial charge in [-0.1, -0.05) is 6.92 Å². The highest BCUT2D eigenvalue weighted by molar-refractivity contribution is 7.90. The fourth-order valence-electron chi connectivity index (χ4n) is 3.99. The van der Waals surface area contributed by atoms with Crippen LogP contribution in [0.5, 0.6) is 0 Å². The van der Waals surface area contributed by atoms with E-state index in [2.05, 4.69) is 32.7 Å². The monoisotopic (exact) mass is 542 g/mol. The van der Waals surface area contributed by atoms with Gasteiger partial charge in [0.2, 0.25) is 6.73 Å². The van der Waals surface area contributed by atoms with E-state index in [1.54, 1.807) is 9.08 Å². The largest absolute Gasteiger partial charge is 0.379 e. The summed E-state index contributed by atoms with van der Waals surface area (Å²) in [6.45, 7) is 3.88. The van der Waals surface area contributed by atoms with Gasteiger partial charge in [-0.2, -0.15) is 14.2 Å². The minimum Gasteiger partial charge on any atom is -0.379 e. The molecule has 0 unspecified atom stereocenters. The number of fused-ring (bicyclic) bond motifs is 1. The molecule has 1 saturated carbocycles. The molecule has 0 radical (unpaired) electrons. The molecule has 202 valence electrons. The van der Waals surface area contributed by atoms with Crippen LogP contribution in [-0.4, -0.2) is 67.3 Å². The quantitative estimate of drug-likeness (QED) is 0.154. The molecule has 13 nitrogen and oxygen atoms in total. The fourth-order valence-corrected chi connectivity index (χ4v) is 5.41. The van der Waals surface area contributed by atoms with Crippen molar-refractivity contribution in [2.24, 2.45) is 0 Å². The van der Waals surface area contributed by atoms with E-state index in [-0.39, 0.29) is 12.0 Å². The lowest BCUT2D eigenvalue weighted by atomic mass is 10.2. The van der Waals surface area contributed by atoms with Gasteiger partial charge in [-0.25, -0.2) is 18.4 Å². The lowest BCUT2D eigenvalue weighted by molar-refractivity contribution is -0.730. The van der Waals surface area contributed by atoms with Gasteiger partial charge in [0.15, 0.2) is 23.9 Å². The Hall–Kier alpha value is -3.62. The molecule has 0 bridgehead atoms. The molecule has 0 atom stereocenters. The summed E-state index contributed by atoms with van der Waals surface area (Å²) in [5.41, 5.74) is 2.84. The number of hydrogen-bond donors (Lipinski definition) is 3. The molecule has 0 aliphatic heterocycles. The Balaban J connectivity index is 1.15. The highest BCUT2D eigenvalue weighted by Gasteiger charge is 2.37. The summed E-state index contributed by atoms with van der Waals surface area (Å²) in [7, 11) is -3.40. The number of aromatic nitrogens is 7. The first kappa shape index (κ1) is 26.0. The number of nitrogens with one attached hydrogen (secondary N) is 2. The summed E-state index contributed by atoms with van der Waals surface area (Å²) in [5, 5.41) is 24.4. The Labute approximate surface area is 220 Å². The first-order chi connectivity index (χ1) is 18.5. The Kier molecular flexibility index (Phi) is 7.81. The molecule has 1 fully saturated rings. The van der Waals surface area contributed by atoms with Crippen molar-refractivity contribution in [1.29, 1.82) is 0 Å². The number of aliphatic hydroxyl groups excluding tert-OH is 1. The zero-order chi connectivity index (χ0) is 26.5. The van der Waals surface area contributed by atoms with Gasteiger partial charge in [0.05, 0.1) is 24.7 Å². The molecule has 5 rings (SSSR count). The number of aryl methyl sites for hydroxylation is 1. The molecule has 0 saturated heterocycles. The average molecular weight is 543 g/mol. The molecule has 4 heterocycles. The van der Waals surface area contributed by atoms with Crippen LogP contribution in [0.2, 0.25) is 0 Å². The van der Waals surface area contributed by atoms with E-state index in [1.165, 1.54) is 6.33 Å². The minimum atomic E-state index is -3.40. The summed E-state index contributed by atoms with van der Waals surface area (Å²) in [4.78, 5) is 8.83. The van der Waals surface area contributed by atoms with Crippen molar-refractivity contribution in [3.8, 4) is 0 Å². The van der Waals surface area contributed by atoms with E-state index in [4.69, 9.17) is 9.72 Å². The van der Waals surface area contributed by atoms with E-state index in [0.717, 1.165) is 33.1 Å². The standard InChI is InChI=1S/C24H32N9O4S/c1-2-19-14-28-33-23(26-13-18-4-3-9-31(15-18)17-34)12-22(29-24(19)33)25-8-11-37-10-7-21-27-16-32(30-21)38(35,36)20-5-6-20/h3-4,9,12,14-16,20,26,34H,2,5-8,10-11,13,17H2,1H3,(H,25,29)/q+1. The van der Waals surface area contributed by atoms with Crippen LogP contribution in [0.1, 0.15) is 36.7 Å². The lowest BCUT2D eigenvalue weighted by Crippen LogP contribution is -2.33. The number of aliphatic hydroxyl groups is 1. The van der Waals surface area contributed by atoms with Crippen LogP contribution in [0.3, 0.4) is 0 Å². The Bertz CT molecular complexity index is 1500. The van der Waals surface area contributed by atoms with Crippen LogP contribution < -0.4 is 15.2 Å². The first-order valence-electron chi connectivity index (χ1n) is 12.6. The molecule has 0 aromatic carbocycles. The fraction of sp³-hybridized carbons (Fsp3) is 0.458. The van der Waals surface area contributed by atoms with Gasteiger partial charge in [-0.05, 0) is 25.3 Å². The van der Waals surface area contributed by atoms with Crippen LogP contribution in [0.4, 0.5) is 11.6 Å². The first-order valence-corrected chi connectivity index (χ1v) is 14.1. The lowest BCUT2D eigenvalue weighted by Gasteiger charge is -2.12. The van der Waals surface area contributed by atoms with Crippen molar-refractivity contribution < 1.29 is 22.8 Å². The molecular weight excluding hydrogens is 510 g/mol. The van der Waals surface area contributed by atoms with Crippen molar-refractivity contribution in [2.75, 3.05) is 30.4 Å². The minimum absolute atomic E-state index is 0.0788. The summed E-state index contributed by atoms with van der Waals surface area (Å²) < 4.78 is 34.6. The Morgan fingerprint density at radius 3 is 2.92 bits per heavy atom. The second-order valence-electron chi connectivity index (χ2n) is 9.07. The maximum absolute atomic E-state index is 12.2. The molecule has 3 N–H and O–H groups in total. The van der Waals surface area contributed by atoms with Gasteiger partial charge >= 0.3 is 0 Å². The van der Waals surface area contributed by atoms with E-state index < -0.39 is 10.0 Å². The second-order valence-corrected chi connectivity index (χ2v) is 11.1. The van der Waals surface area contributed by atoms with Gasteiger partial charge in [-0.3, -0.25) is 0 Å². The van der Waals surface area contributed by atoms with Crippen LogP contribution in [0.15, 0.2) is 43.1 Å². The highest BCUT2D eigenvalue weighted by Crippen LogP contribution is 2.29. The summed E-state index contributed by atoms with van der Waals surface area (Å²) in [6.07, 6.45) is 9.39. The smallest absolute Gasteiger partial charge is 0.258 e. The molecule has 14 heteroatoms. The number of hydrogen-bond acceptors (Lipinski definition) is 10. The Morgan fingerprint density at radius 1 is 1.26 bits per heavy atom. The van der Waals surface area contributed by atoms with Gasteiger partial charge in [-0.15, -0.1) is 9.19 Å². The van der Waals surface area contributed by atoms with Crippen molar-refractivity contribution >= 4 is 27.3 Å². The molecule has 1 aliphatic carbocycles. The third-order valence-corrected chi connectivity index (χ3v) is 8.24. The molecule has 4 aromatic rings. The summed E-state index contributed by atoms with van der Waals surface area (Å²) in [5.74, 6) is 1.93. The zero-order valence-electron chi connectivity index (χ0n) is 21.2. The SMILES string of the molecule is CCc1cnn2c(NCc3ccc[n+](CO)c3)cc(NCCOCCc3ncn(S(=O)(=O)C4CC4)n3)nc12. The normalized spacial score (nSPS) is 13.7. The molecule has 1 aliphatic rings. The predicted molar refractivity (Wildman–Crippen MR) is 139 cm³/mol. The predicted octanol–water partition coefficient (Wildman–Crippen LogP) is 0.744. The Morgan fingerprint density at radius 2 is 2.13 bits per heavy atom. The van der Waals surface area contributed by atoms with E-state index in [9.17, 15) is 13.5 Å². The van der Waals surface area contributed by atoms with E-state index >= 15 is 0 Å². The van der Waals surface area contributed by atoms with Gasteiger partial charge in [0, 0.05) is 42.8 Å². The van der Waals surface area contributed by atoms with Crippen molar-refractivity contribution in [3.05, 3.63) is 60.1 Å². The summed E-state index contributed by atoms with van der Waals surface area (Å²) >= 11 is 0. The van der Waals surface area contributed by atoms with Crippen molar-refractivity contribution in [3.63, 3.8) is 0 Å². The zero-order valence-corrected chi connectivity index (χ0v) is 22.0. The second kappa shape index (κ2) is 11.4. The third kappa shape index (κ3) is 5.92. The number of rotatable bonds is 14. The summed E-state index contributed by atoms with van der Waals surface area (Å²) in [6, 6.07) is 5.78. The number of pyridine rings is 1. The van der Waals surface area contributed by atoms with E-state index in [0.29, 0.717) is 57.2 Å². The third-order valence-electron chi connectivity index (χ3n) is 6.23. The maximum atomic E-state index is 12.2. The van der Waals surface area contributed by atoms with Crippen LogP contribution in [-0.2, 0) is 40.9 Å². The van der Waals surface area contributed by atoms with E-state index in [1.807, 2.05) is 36.8 Å². The molecule has 38 heavy (non-hydrogen) atoms. The molecule has 0 amide bonds. The topological polar surface area (TPSA) is 152 Å². The maximum Gasteiger partial charge on any atom is 0.258 e. The molecule has 4 aromatic heterocycles. The number of ether oxygens (including phenoxy) is 1. The molecular formula is C24H32N9O4S+. The van der Waals surface area contributed by atoms with Gasteiger partial charge in [0.1, 0.15) is 18.0 Å². The van der Waals surface area contributed by atoms with Crippen LogP contribution in [0, 0.1) is 0 Å². The highest BCUT2D eigenvalue weighted by atomic mass is 32.2. The van der Waals surface area contributed by atoms with Crippen LogP contribution in [0.25, 0.3) is 5.65 Å². The van der Waals surface area contributed by atoms with Gasteiger partial charge in [0.25, 0.3) is 10.0 Å². The van der Waals surface area contributed by atoms with Crippen LogP contribution >= 0.6 is 0 Å². The van der Waals surface area contributed by atoms with Crippen molar-refractivity contribution in [1.82, 2.24) is 28.8 Å². The molecule has 0 spiro atoms.